The normalized spacial score (nSPS) is 43.3. The summed E-state index contributed by atoms with van der Waals surface area (Å²) in [6.07, 6.45) is 14.2. The maximum Gasteiger partial charge on any atom is 0.191 e. The van der Waals surface area contributed by atoms with Gasteiger partial charge in [0.15, 0.2) is 16.6 Å². The highest BCUT2D eigenvalue weighted by Crippen LogP contribution is 2.63. The van der Waals surface area contributed by atoms with Gasteiger partial charge in [0.05, 0.1) is 17.8 Å². The predicted octanol–water partition coefficient (Wildman–Crippen LogP) is 5.66. The molecule has 2 saturated carbocycles. The molecular weight excluding hydrogens is 368 g/mol. The van der Waals surface area contributed by atoms with E-state index in [0.29, 0.717) is 17.9 Å². The van der Waals surface area contributed by atoms with E-state index in [0.717, 1.165) is 38.0 Å². The summed E-state index contributed by atoms with van der Waals surface area (Å²) in [4.78, 5) is 0. The van der Waals surface area contributed by atoms with Crippen LogP contribution < -0.4 is 0 Å². The SMILES string of the molecule is C=CC[Si](C)(C)O[C@@]12CCO[C@@]13CC[C@H]1C[C@@H]3[C@H](CC=CC[Si](C)(C)O1)C2. The molecule has 0 amide bonds. The van der Waals surface area contributed by atoms with Crippen molar-refractivity contribution < 1.29 is 13.6 Å². The first-order valence-electron chi connectivity index (χ1n) is 11.0. The molecule has 27 heavy (non-hydrogen) atoms. The fourth-order valence-corrected chi connectivity index (χ4v) is 10.8. The quantitative estimate of drug-likeness (QED) is 0.445. The lowest BCUT2D eigenvalue weighted by Gasteiger charge is -2.50. The van der Waals surface area contributed by atoms with Gasteiger partial charge >= 0.3 is 0 Å². The third kappa shape index (κ3) is 3.48. The lowest BCUT2D eigenvalue weighted by molar-refractivity contribution is -0.146. The summed E-state index contributed by atoms with van der Waals surface area (Å²) in [5, 5.41) is 0. The Morgan fingerprint density at radius 1 is 1.30 bits per heavy atom. The van der Waals surface area contributed by atoms with E-state index in [4.69, 9.17) is 13.6 Å². The third-order valence-corrected chi connectivity index (χ3v) is 12.0. The van der Waals surface area contributed by atoms with Crippen LogP contribution in [0.25, 0.3) is 0 Å². The van der Waals surface area contributed by atoms with Crippen LogP contribution in [0.15, 0.2) is 24.8 Å². The Labute approximate surface area is 167 Å². The molecule has 4 rings (SSSR count). The second-order valence-electron chi connectivity index (χ2n) is 10.6. The zero-order valence-electron chi connectivity index (χ0n) is 17.8. The fourth-order valence-electron chi connectivity index (χ4n) is 6.64. The van der Waals surface area contributed by atoms with Crippen molar-refractivity contribution in [2.75, 3.05) is 6.61 Å². The average Bonchev–Trinajstić information content (AvgIpc) is 3.00. The minimum Gasteiger partial charge on any atom is -0.414 e. The van der Waals surface area contributed by atoms with Gasteiger partial charge in [0, 0.05) is 12.5 Å². The van der Waals surface area contributed by atoms with E-state index in [9.17, 15) is 0 Å². The van der Waals surface area contributed by atoms with Crippen LogP contribution in [-0.2, 0) is 13.6 Å². The molecule has 0 aromatic rings. The Morgan fingerprint density at radius 2 is 2.11 bits per heavy atom. The van der Waals surface area contributed by atoms with Crippen LogP contribution >= 0.6 is 0 Å². The first kappa shape index (κ1) is 20.1. The summed E-state index contributed by atoms with van der Waals surface area (Å²) in [7, 11) is -3.38. The predicted molar refractivity (Wildman–Crippen MR) is 116 cm³/mol. The Balaban J connectivity index is 1.67. The van der Waals surface area contributed by atoms with E-state index >= 15 is 0 Å². The molecule has 0 aromatic carbocycles. The third-order valence-electron chi connectivity index (χ3n) is 7.56. The topological polar surface area (TPSA) is 27.7 Å². The van der Waals surface area contributed by atoms with E-state index in [1.54, 1.807) is 0 Å². The van der Waals surface area contributed by atoms with Crippen LogP contribution in [0.1, 0.15) is 38.5 Å². The minimum absolute atomic E-state index is 0.0678. The molecule has 1 saturated heterocycles. The van der Waals surface area contributed by atoms with Gasteiger partial charge in [-0.2, -0.15) is 0 Å². The van der Waals surface area contributed by atoms with Crippen molar-refractivity contribution in [2.24, 2.45) is 11.8 Å². The largest absolute Gasteiger partial charge is 0.414 e. The molecule has 152 valence electrons. The molecule has 3 fully saturated rings. The van der Waals surface area contributed by atoms with E-state index in [2.05, 4.69) is 51.0 Å². The van der Waals surface area contributed by atoms with E-state index in [1.165, 1.54) is 19.3 Å². The molecule has 5 atom stereocenters. The molecule has 2 bridgehead atoms. The van der Waals surface area contributed by atoms with Crippen LogP contribution in [0.3, 0.4) is 0 Å². The summed E-state index contributed by atoms with van der Waals surface area (Å²) in [6.45, 7) is 14.3. The van der Waals surface area contributed by atoms with Crippen molar-refractivity contribution in [3.8, 4) is 0 Å². The molecule has 0 aromatic heterocycles. The van der Waals surface area contributed by atoms with Crippen molar-refractivity contribution in [3.63, 3.8) is 0 Å². The van der Waals surface area contributed by atoms with E-state index in [1.807, 2.05) is 0 Å². The van der Waals surface area contributed by atoms with Crippen LogP contribution in [0.4, 0.5) is 0 Å². The second-order valence-corrected chi connectivity index (χ2v) is 18.9. The number of allylic oxidation sites excluding steroid dienone is 3. The van der Waals surface area contributed by atoms with Crippen LogP contribution in [0.5, 0.6) is 0 Å². The van der Waals surface area contributed by atoms with Crippen LogP contribution in [0.2, 0.25) is 38.3 Å². The molecule has 2 aliphatic heterocycles. The summed E-state index contributed by atoms with van der Waals surface area (Å²) < 4.78 is 20.5. The molecule has 0 radical (unpaired) electrons. The second kappa shape index (κ2) is 6.94. The van der Waals surface area contributed by atoms with Crippen molar-refractivity contribution in [1.29, 1.82) is 0 Å². The number of hydrogen-bond donors (Lipinski definition) is 0. The highest BCUT2D eigenvalue weighted by atomic mass is 28.4. The fraction of sp³-hybridized carbons (Fsp3) is 0.818. The molecular formula is C22H38O3Si2. The standard InChI is InChI=1S/C22H38O3Si2/c1-6-14-27(4,5)25-21-12-13-23-22(21)11-10-19-16-20(22)18(17-21)9-7-8-15-26(2,3)24-19/h6-8,18-20H,1,9-17H2,2-5H3/t18-,19+,20-,21-,22-/m1/s1. The van der Waals surface area contributed by atoms with E-state index < -0.39 is 16.6 Å². The molecule has 2 aliphatic carbocycles. The van der Waals surface area contributed by atoms with Gasteiger partial charge in [-0.25, -0.2) is 0 Å². The van der Waals surface area contributed by atoms with Crippen molar-refractivity contribution in [2.45, 2.75) is 94.1 Å². The first-order chi connectivity index (χ1) is 12.7. The van der Waals surface area contributed by atoms with Gasteiger partial charge in [-0.05, 0) is 82.2 Å². The highest BCUT2D eigenvalue weighted by molar-refractivity contribution is 6.72. The first-order valence-corrected chi connectivity index (χ1v) is 17.2. The lowest BCUT2D eigenvalue weighted by atomic mass is 9.69. The Bertz CT molecular complexity index is 617. The summed E-state index contributed by atoms with van der Waals surface area (Å²) in [5.74, 6) is 1.25. The molecule has 5 heteroatoms. The smallest absolute Gasteiger partial charge is 0.191 e. The number of ether oxygens (including phenoxy) is 1. The maximum atomic E-state index is 7.13. The lowest BCUT2D eigenvalue weighted by Crippen LogP contribution is -2.59. The van der Waals surface area contributed by atoms with Gasteiger partial charge < -0.3 is 13.6 Å². The Morgan fingerprint density at radius 3 is 2.89 bits per heavy atom. The zero-order chi connectivity index (χ0) is 19.3. The van der Waals surface area contributed by atoms with E-state index in [-0.39, 0.29) is 11.2 Å². The molecule has 0 unspecified atom stereocenters. The van der Waals surface area contributed by atoms with Crippen molar-refractivity contribution in [3.05, 3.63) is 24.8 Å². The monoisotopic (exact) mass is 406 g/mol. The minimum atomic E-state index is -1.78. The number of fused-ring (bicyclic) bond motifs is 1. The zero-order valence-corrected chi connectivity index (χ0v) is 19.8. The van der Waals surface area contributed by atoms with Gasteiger partial charge in [0.25, 0.3) is 0 Å². The summed E-state index contributed by atoms with van der Waals surface area (Å²) in [6, 6.07) is 2.16. The molecule has 3 nitrogen and oxygen atoms in total. The Hall–Kier alpha value is -0.206. The van der Waals surface area contributed by atoms with Gasteiger partial charge in [-0.3, -0.25) is 0 Å². The molecule has 2 heterocycles. The van der Waals surface area contributed by atoms with Gasteiger partial charge in [-0.1, -0.05) is 18.2 Å². The number of rotatable bonds is 4. The molecule has 0 N–H and O–H groups in total. The molecule has 4 aliphatic rings. The van der Waals surface area contributed by atoms with Gasteiger partial charge in [0.2, 0.25) is 0 Å². The van der Waals surface area contributed by atoms with Gasteiger partial charge in [-0.15, -0.1) is 6.58 Å². The highest BCUT2D eigenvalue weighted by Gasteiger charge is 2.69. The van der Waals surface area contributed by atoms with Gasteiger partial charge in [0.1, 0.15) is 0 Å². The summed E-state index contributed by atoms with van der Waals surface area (Å²) >= 11 is 0. The van der Waals surface area contributed by atoms with Crippen molar-refractivity contribution >= 4 is 16.6 Å². The van der Waals surface area contributed by atoms with Crippen LogP contribution in [-0.4, -0.2) is 40.5 Å². The van der Waals surface area contributed by atoms with Crippen LogP contribution in [0, 0.1) is 11.8 Å². The molecule has 1 spiro atoms. The maximum absolute atomic E-state index is 7.13. The average molecular weight is 407 g/mol. The van der Waals surface area contributed by atoms with Crippen molar-refractivity contribution in [1.82, 2.24) is 0 Å². The summed E-state index contributed by atoms with van der Waals surface area (Å²) in [5.41, 5.74) is -0.136. The number of hydrogen-bond acceptors (Lipinski definition) is 3. The Kier molecular flexibility index (Phi) is 5.16.